The first kappa shape index (κ1) is 19.6. The van der Waals surface area contributed by atoms with Crippen LogP contribution in [0.5, 0.6) is 0 Å². The highest BCUT2D eigenvalue weighted by Crippen LogP contribution is 2.33. The number of nitrogen functional groups attached to an aromatic ring is 1. The van der Waals surface area contributed by atoms with Gasteiger partial charge in [0.2, 0.25) is 0 Å². The second kappa shape index (κ2) is 7.59. The van der Waals surface area contributed by atoms with Crippen molar-refractivity contribution in [2.24, 2.45) is 0 Å². The smallest absolute Gasteiger partial charge is 0.251 e. The molecule has 0 fully saturated rings. The third-order valence-corrected chi connectivity index (χ3v) is 5.11. The fourth-order valence-corrected chi connectivity index (χ4v) is 3.37. The molecule has 0 aliphatic carbocycles. The molecule has 0 spiro atoms. The van der Waals surface area contributed by atoms with E-state index in [1.165, 1.54) is 6.33 Å². The normalized spacial score (nSPS) is 11.6. The lowest BCUT2D eigenvalue weighted by atomic mass is 10.1. The average molecular weight is 400 g/mol. The van der Waals surface area contributed by atoms with E-state index >= 15 is 0 Å². The Hall–Kier alpha value is -3.74. The predicted molar refractivity (Wildman–Crippen MR) is 118 cm³/mol. The molecule has 4 aromatic rings. The van der Waals surface area contributed by atoms with Gasteiger partial charge >= 0.3 is 0 Å². The molecule has 0 unspecified atom stereocenters. The van der Waals surface area contributed by atoms with Crippen molar-refractivity contribution in [1.82, 2.24) is 25.1 Å². The van der Waals surface area contributed by atoms with Gasteiger partial charge in [0.25, 0.3) is 5.91 Å². The van der Waals surface area contributed by atoms with Crippen LogP contribution in [0.3, 0.4) is 0 Å². The molecule has 0 atom stereocenters. The molecule has 3 N–H and O–H groups in total. The number of fused-ring (bicyclic) bond motifs is 1. The van der Waals surface area contributed by atoms with Crippen LogP contribution in [0.4, 0.5) is 5.82 Å². The molecule has 7 heteroatoms. The molecule has 0 bridgehead atoms. The molecule has 0 saturated heterocycles. The maximum absolute atomic E-state index is 12.5. The molecule has 0 aliphatic rings. The van der Waals surface area contributed by atoms with Crippen LogP contribution in [0.1, 0.15) is 29.8 Å². The number of rotatable bonds is 5. The first-order chi connectivity index (χ1) is 14.4. The molecule has 2 aromatic carbocycles. The number of nitrogens with one attached hydrogen (secondary N) is 1. The Kier molecular flexibility index (Phi) is 4.95. The summed E-state index contributed by atoms with van der Waals surface area (Å²) in [4.78, 5) is 21.1. The molecule has 2 heterocycles. The van der Waals surface area contributed by atoms with Crippen LogP contribution < -0.4 is 11.1 Å². The van der Waals surface area contributed by atoms with Crippen LogP contribution in [0.2, 0.25) is 0 Å². The van der Waals surface area contributed by atoms with Crippen molar-refractivity contribution in [2.45, 2.75) is 26.3 Å². The molecule has 2 aromatic heterocycles. The Labute approximate surface area is 175 Å². The first-order valence-corrected chi connectivity index (χ1v) is 9.77. The van der Waals surface area contributed by atoms with Gasteiger partial charge in [-0.05, 0) is 32.9 Å². The lowest BCUT2D eigenvalue weighted by molar-refractivity contribution is 0.0936. The largest absolute Gasteiger partial charge is 0.383 e. The van der Waals surface area contributed by atoms with Crippen LogP contribution in [0.25, 0.3) is 22.3 Å². The SMILES string of the molecule is Cc1ccc(-c2nn(C(C)(C)CNC(=O)c3ccccc3)c3ncnc(N)c23)cc1. The van der Waals surface area contributed by atoms with Crippen LogP contribution in [-0.4, -0.2) is 32.2 Å². The summed E-state index contributed by atoms with van der Waals surface area (Å²) >= 11 is 0. The monoisotopic (exact) mass is 400 g/mol. The molecular formula is C23H24N6O. The Morgan fingerprint density at radius 1 is 1.07 bits per heavy atom. The summed E-state index contributed by atoms with van der Waals surface area (Å²) in [5, 5.41) is 8.57. The topological polar surface area (TPSA) is 98.7 Å². The first-order valence-electron chi connectivity index (χ1n) is 9.77. The number of hydrogen-bond acceptors (Lipinski definition) is 5. The standard InChI is InChI=1S/C23H24N6O/c1-15-9-11-16(12-10-15)19-18-20(24)26-14-27-21(18)29(28-19)23(2,3)13-25-22(30)17-7-5-4-6-8-17/h4-12,14H,13H2,1-3H3,(H,25,30)(H2,24,26,27). The third-order valence-electron chi connectivity index (χ3n) is 5.11. The molecule has 4 rings (SSSR count). The minimum atomic E-state index is -0.549. The van der Waals surface area contributed by atoms with Gasteiger partial charge < -0.3 is 11.1 Å². The minimum absolute atomic E-state index is 0.131. The fraction of sp³-hybridized carbons (Fsp3) is 0.217. The minimum Gasteiger partial charge on any atom is -0.383 e. The number of carbonyl (C=O) groups is 1. The summed E-state index contributed by atoms with van der Waals surface area (Å²) < 4.78 is 1.82. The molecule has 0 saturated carbocycles. The summed E-state index contributed by atoms with van der Waals surface area (Å²) in [6.45, 7) is 6.41. The maximum atomic E-state index is 12.5. The van der Waals surface area contributed by atoms with E-state index in [1.807, 2.05) is 67.9 Å². The van der Waals surface area contributed by atoms with E-state index < -0.39 is 5.54 Å². The Bertz CT molecular complexity index is 1200. The number of hydrogen-bond donors (Lipinski definition) is 2. The van der Waals surface area contributed by atoms with Gasteiger partial charge in [0.15, 0.2) is 5.65 Å². The fourth-order valence-electron chi connectivity index (χ4n) is 3.37. The van der Waals surface area contributed by atoms with Gasteiger partial charge in [0, 0.05) is 17.7 Å². The van der Waals surface area contributed by atoms with E-state index in [1.54, 1.807) is 12.1 Å². The molecule has 0 radical (unpaired) electrons. The van der Waals surface area contributed by atoms with Gasteiger partial charge in [-0.15, -0.1) is 0 Å². The average Bonchev–Trinajstić information content (AvgIpc) is 3.15. The van der Waals surface area contributed by atoms with E-state index in [4.69, 9.17) is 10.8 Å². The summed E-state index contributed by atoms with van der Waals surface area (Å²) in [6.07, 6.45) is 1.44. The van der Waals surface area contributed by atoms with E-state index in [-0.39, 0.29) is 5.91 Å². The summed E-state index contributed by atoms with van der Waals surface area (Å²) in [7, 11) is 0. The van der Waals surface area contributed by atoms with Gasteiger partial charge in [0.1, 0.15) is 17.8 Å². The highest BCUT2D eigenvalue weighted by atomic mass is 16.1. The van der Waals surface area contributed by atoms with Crippen LogP contribution in [0.15, 0.2) is 60.9 Å². The van der Waals surface area contributed by atoms with Crippen molar-refractivity contribution in [3.8, 4) is 11.3 Å². The van der Waals surface area contributed by atoms with Gasteiger partial charge in [-0.2, -0.15) is 5.10 Å². The summed E-state index contributed by atoms with van der Waals surface area (Å²) in [6, 6.07) is 17.2. The van der Waals surface area contributed by atoms with Gasteiger partial charge in [-0.25, -0.2) is 14.6 Å². The van der Waals surface area contributed by atoms with Crippen molar-refractivity contribution < 1.29 is 4.79 Å². The molecule has 30 heavy (non-hydrogen) atoms. The van der Waals surface area contributed by atoms with Crippen molar-refractivity contribution in [2.75, 3.05) is 12.3 Å². The third kappa shape index (κ3) is 3.61. The number of nitrogens with two attached hydrogens (primary N) is 1. The van der Waals surface area contributed by atoms with Crippen LogP contribution in [0, 0.1) is 6.92 Å². The number of benzene rings is 2. The zero-order chi connectivity index (χ0) is 21.3. The summed E-state index contributed by atoms with van der Waals surface area (Å²) in [5.41, 5.74) is 9.74. The molecular weight excluding hydrogens is 376 g/mol. The second-order valence-electron chi connectivity index (χ2n) is 7.95. The zero-order valence-corrected chi connectivity index (χ0v) is 17.3. The molecule has 1 amide bonds. The van der Waals surface area contributed by atoms with E-state index in [2.05, 4.69) is 15.3 Å². The van der Waals surface area contributed by atoms with Crippen molar-refractivity contribution in [3.63, 3.8) is 0 Å². The highest BCUT2D eigenvalue weighted by molar-refractivity contribution is 5.98. The van der Waals surface area contributed by atoms with Crippen molar-refractivity contribution in [3.05, 3.63) is 72.1 Å². The molecule has 0 aliphatic heterocycles. The number of aryl methyl sites for hydroxylation is 1. The predicted octanol–water partition coefficient (Wildman–Crippen LogP) is 3.55. The lowest BCUT2D eigenvalue weighted by Crippen LogP contribution is -2.41. The van der Waals surface area contributed by atoms with Gasteiger partial charge in [0.05, 0.1) is 10.9 Å². The second-order valence-corrected chi connectivity index (χ2v) is 7.95. The number of nitrogens with zero attached hydrogens (tertiary/aromatic N) is 4. The number of aromatic nitrogens is 4. The summed E-state index contributed by atoms with van der Waals surface area (Å²) in [5.74, 6) is 0.249. The molecule has 7 nitrogen and oxygen atoms in total. The van der Waals surface area contributed by atoms with E-state index in [0.29, 0.717) is 29.0 Å². The van der Waals surface area contributed by atoms with Crippen LogP contribution >= 0.6 is 0 Å². The van der Waals surface area contributed by atoms with Gasteiger partial charge in [-0.1, -0.05) is 48.0 Å². The molecule has 152 valence electrons. The Balaban J connectivity index is 1.72. The quantitative estimate of drug-likeness (QED) is 0.534. The van der Waals surface area contributed by atoms with Crippen LogP contribution in [-0.2, 0) is 5.54 Å². The zero-order valence-electron chi connectivity index (χ0n) is 17.3. The van der Waals surface area contributed by atoms with E-state index in [9.17, 15) is 4.79 Å². The number of amides is 1. The number of anilines is 1. The number of carbonyl (C=O) groups excluding carboxylic acids is 1. The van der Waals surface area contributed by atoms with E-state index in [0.717, 1.165) is 16.8 Å². The Morgan fingerprint density at radius 3 is 2.47 bits per heavy atom. The lowest BCUT2D eigenvalue weighted by Gasteiger charge is -2.26. The maximum Gasteiger partial charge on any atom is 0.251 e. The highest BCUT2D eigenvalue weighted by Gasteiger charge is 2.28. The van der Waals surface area contributed by atoms with Gasteiger partial charge in [-0.3, -0.25) is 4.79 Å². The Morgan fingerprint density at radius 2 is 1.77 bits per heavy atom. The van der Waals surface area contributed by atoms with Crippen molar-refractivity contribution in [1.29, 1.82) is 0 Å². The van der Waals surface area contributed by atoms with Crippen molar-refractivity contribution >= 4 is 22.8 Å².